The zero-order valence-electron chi connectivity index (χ0n) is 11.8. The Balaban J connectivity index is 0.00000200. The fourth-order valence-electron chi connectivity index (χ4n) is 1.56. The van der Waals surface area contributed by atoms with Crippen LogP contribution in [-0.4, -0.2) is 24.1 Å². The lowest BCUT2D eigenvalue weighted by atomic mass is 10.3. The van der Waals surface area contributed by atoms with E-state index in [0.717, 1.165) is 31.1 Å². The van der Waals surface area contributed by atoms with Crippen LogP contribution in [0, 0.1) is 5.92 Å². The Kier molecular flexibility index (Phi) is 7.64. The van der Waals surface area contributed by atoms with Crippen LogP contribution in [0.15, 0.2) is 23.3 Å². The molecule has 112 valence electrons. The zero-order chi connectivity index (χ0) is 13.5. The molecule has 1 aromatic heterocycles. The number of aromatic nitrogens is 1. The SMILES string of the molecule is CCCNC(N)=NCc1ccc(OCC2CC2)nc1.I. The molecule has 0 amide bonds. The van der Waals surface area contributed by atoms with Crippen molar-refractivity contribution in [2.24, 2.45) is 16.6 Å². The molecule has 0 unspecified atom stereocenters. The number of nitrogens with two attached hydrogens (primary N) is 1. The number of hydrogen-bond acceptors (Lipinski definition) is 3. The third-order valence-electron chi connectivity index (χ3n) is 2.95. The molecule has 20 heavy (non-hydrogen) atoms. The van der Waals surface area contributed by atoms with E-state index in [9.17, 15) is 0 Å². The standard InChI is InChI=1S/C14H22N4O.HI/c1-2-7-16-14(15)18-9-12-5-6-13(17-8-12)19-10-11-3-4-11;/h5-6,8,11H,2-4,7,9-10H2,1H3,(H3,15,16,18);1H. The van der Waals surface area contributed by atoms with Crippen LogP contribution in [0.4, 0.5) is 0 Å². The summed E-state index contributed by atoms with van der Waals surface area (Å²) in [6.07, 6.45) is 5.40. The summed E-state index contributed by atoms with van der Waals surface area (Å²) in [5.41, 5.74) is 6.75. The smallest absolute Gasteiger partial charge is 0.213 e. The Bertz CT molecular complexity index is 418. The van der Waals surface area contributed by atoms with Gasteiger partial charge in [-0.25, -0.2) is 9.98 Å². The van der Waals surface area contributed by atoms with Crippen LogP contribution in [0.25, 0.3) is 0 Å². The highest BCUT2D eigenvalue weighted by atomic mass is 127. The van der Waals surface area contributed by atoms with Gasteiger partial charge in [0, 0.05) is 18.8 Å². The van der Waals surface area contributed by atoms with Gasteiger partial charge in [-0.05, 0) is 30.7 Å². The minimum atomic E-state index is 0. The summed E-state index contributed by atoms with van der Waals surface area (Å²) in [4.78, 5) is 8.51. The molecule has 1 fully saturated rings. The molecule has 0 spiro atoms. The minimum absolute atomic E-state index is 0. The van der Waals surface area contributed by atoms with E-state index >= 15 is 0 Å². The van der Waals surface area contributed by atoms with E-state index in [0.29, 0.717) is 18.4 Å². The van der Waals surface area contributed by atoms with Gasteiger partial charge in [-0.3, -0.25) is 0 Å². The van der Waals surface area contributed by atoms with Gasteiger partial charge in [0.05, 0.1) is 13.2 Å². The number of ether oxygens (including phenoxy) is 1. The molecule has 6 heteroatoms. The third-order valence-corrected chi connectivity index (χ3v) is 2.95. The highest BCUT2D eigenvalue weighted by Crippen LogP contribution is 2.29. The predicted octanol–water partition coefficient (Wildman–Crippen LogP) is 2.30. The minimum Gasteiger partial charge on any atom is -0.477 e. The normalized spacial score (nSPS) is 14.6. The lowest BCUT2D eigenvalue weighted by molar-refractivity contribution is 0.288. The second kappa shape index (κ2) is 8.99. The van der Waals surface area contributed by atoms with Gasteiger partial charge >= 0.3 is 0 Å². The average molecular weight is 390 g/mol. The van der Waals surface area contributed by atoms with Crippen LogP contribution in [0.2, 0.25) is 0 Å². The quantitative estimate of drug-likeness (QED) is 0.426. The third kappa shape index (κ3) is 6.40. The van der Waals surface area contributed by atoms with E-state index in [1.807, 2.05) is 12.1 Å². The van der Waals surface area contributed by atoms with Crippen molar-refractivity contribution in [1.82, 2.24) is 10.3 Å². The van der Waals surface area contributed by atoms with Gasteiger partial charge < -0.3 is 15.8 Å². The van der Waals surface area contributed by atoms with Crippen LogP contribution in [-0.2, 0) is 6.54 Å². The molecule has 0 atom stereocenters. The topological polar surface area (TPSA) is 72.5 Å². The Morgan fingerprint density at radius 1 is 1.50 bits per heavy atom. The van der Waals surface area contributed by atoms with Gasteiger partial charge in [0.2, 0.25) is 5.88 Å². The summed E-state index contributed by atoms with van der Waals surface area (Å²) in [5.74, 6) is 1.92. The number of pyridine rings is 1. The number of nitrogens with one attached hydrogen (secondary N) is 1. The molecule has 5 nitrogen and oxygen atoms in total. The van der Waals surface area contributed by atoms with Crippen LogP contribution in [0.3, 0.4) is 0 Å². The maximum absolute atomic E-state index is 5.72. The first-order chi connectivity index (χ1) is 9.28. The van der Waals surface area contributed by atoms with E-state index in [1.165, 1.54) is 12.8 Å². The summed E-state index contributed by atoms with van der Waals surface area (Å²) >= 11 is 0. The van der Waals surface area contributed by atoms with E-state index < -0.39 is 0 Å². The lowest BCUT2D eigenvalue weighted by Crippen LogP contribution is -2.32. The van der Waals surface area contributed by atoms with Crippen molar-refractivity contribution in [3.05, 3.63) is 23.9 Å². The van der Waals surface area contributed by atoms with Gasteiger partial charge in [0.25, 0.3) is 0 Å². The second-order valence-electron chi connectivity index (χ2n) is 4.89. The molecule has 1 aliphatic rings. The first-order valence-corrected chi connectivity index (χ1v) is 6.89. The summed E-state index contributed by atoms with van der Waals surface area (Å²) in [6, 6.07) is 3.87. The molecule has 0 aromatic carbocycles. The molecule has 1 heterocycles. The molecular formula is C14H23IN4O. The van der Waals surface area contributed by atoms with Crippen molar-refractivity contribution in [3.63, 3.8) is 0 Å². The predicted molar refractivity (Wildman–Crippen MR) is 91.5 cm³/mol. The van der Waals surface area contributed by atoms with Gasteiger partial charge in [-0.2, -0.15) is 0 Å². The number of hydrogen-bond donors (Lipinski definition) is 2. The molecule has 1 saturated carbocycles. The van der Waals surface area contributed by atoms with E-state index in [4.69, 9.17) is 10.5 Å². The molecule has 0 bridgehead atoms. The molecule has 3 N–H and O–H groups in total. The first-order valence-electron chi connectivity index (χ1n) is 6.89. The maximum atomic E-state index is 5.72. The summed E-state index contributed by atoms with van der Waals surface area (Å²) in [7, 11) is 0. The number of halogens is 1. The monoisotopic (exact) mass is 390 g/mol. The highest BCUT2D eigenvalue weighted by molar-refractivity contribution is 14.0. The highest BCUT2D eigenvalue weighted by Gasteiger charge is 2.21. The fourth-order valence-corrected chi connectivity index (χ4v) is 1.56. The van der Waals surface area contributed by atoms with Gasteiger partial charge in [0.15, 0.2) is 5.96 Å². The maximum Gasteiger partial charge on any atom is 0.213 e. The van der Waals surface area contributed by atoms with Crippen LogP contribution in [0.1, 0.15) is 31.7 Å². The Labute approximate surface area is 137 Å². The number of nitrogens with zero attached hydrogens (tertiary/aromatic N) is 2. The average Bonchev–Trinajstić information content (AvgIpc) is 3.26. The fraction of sp³-hybridized carbons (Fsp3) is 0.571. The van der Waals surface area contributed by atoms with Crippen molar-refractivity contribution in [3.8, 4) is 5.88 Å². The molecule has 2 rings (SSSR count). The molecule has 1 aromatic rings. The number of rotatable bonds is 7. The van der Waals surface area contributed by atoms with Gasteiger partial charge in [0.1, 0.15) is 0 Å². The van der Waals surface area contributed by atoms with Crippen LogP contribution >= 0.6 is 24.0 Å². The molecule has 0 aliphatic heterocycles. The van der Waals surface area contributed by atoms with Crippen molar-refractivity contribution in [1.29, 1.82) is 0 Å². The van der Waals surface area contributed by atoms with Crippen LogP contribution in [0.5, 0.6) is 5.88 Å². The molecule has 0 radical (unpaired) electrons. The van der Waals surface area contributed by atoms with Crippen LogP contribution < -0.4 is 15.8 Å². The largest absolute Gasteiger partial charge is 0.477 e. The van der Waals surface area contributed by atoms with Gasteiger partial charge in [-0.1, -0.05) is 13.0 Å². The summed E-state index contributed by atoms with van der Waals surface area (Å²) < 4.78 is 5.58. The Morgan fingerprint density at radius 2 is 2.30 bits per heavy atom. The second-order valence-corrected chi connectivity index (χ2v) is 4.89. The van der Waals surface area contributed by atoms with Crippen molar-refractivity contribution < 1.29 is 4.74 Å². The van der Waals surface area contributed by atoms with E-state index in [2.05, 4.69) is 22.2 Å². The summed E-state index contributed by atoms with van der Waals surface area (Å²) in [6.45, 7) is 4.27. The van der Waals surface area contributed by atoms with E-state index in [-0.39, 0.29) is 24.0 Å². The van der Waals surface area contributed by atoms with Crippen molar-refractivity contribution >= 4 is 29.9 Å². The van der Waals surface area contributed by atoms with Crippen molar-refractivity contribution in [2.45, 2.75) is 32.7 Å². The van der Waals surface area contributed by atoms with E-state index in [1.54, 1.807) is 6.20 Å². The number of guanidine groups is 1. The van der Waals surface area contributed by atoms with Crippen molar-refractivity contribution in [2.75, 3.05) is 13.2 Å². The lowest BCUT2D eigenvalue weighted by Gasteiger charge is -2.05. The first kappa shape index (κ1) is 17.0. The molecule has 0 saturated heterocycles. The zero-order valence-corrected chi connectivity index (χ0v) is 14.2. The Morgan fingerprint density at radius 3 is 2.90 bits per heavy atom. The molecule has 1 aliphatic carbocycles. The summed E-state index contributed by atoms with van der Waals surface area (Å²) in [5, 5.41) is 3.04. The molecular weight excluding hydrogens is 367 g/mol. The van der Waals surface area contributed by atoms with Gasteiger partial charge in [-0.15, -0.1) is 24.0 Å². The Hall–Kier alpha value is -1.05. The number of aliphatic imine (C=N–C) groups is 1.